The summed E-state index contributed by atoms with van der Waals surface area (Å²) in [6.45, 7) is 1.26. The number of nitrogens with zero attached hydrogens (tertiary/aromatic N) is 2. The van der Waals surface area contributed by atoms with Crippen molar-refractivity contribution in [3.05, 3.63) is 24.0 Å². The summed E-state index contributed by atoms with van der Waals surface area (Å²) in [6.07, 6.45) is 1.61. The lowest BCUT2D eigenvalue weighted by Crippen LogP contribution is -2.50. The first kappa shape index (κ1) is 12.8. The molecule has 1 aromatic heterocycles. The second kappa shape index (κ2) is 5.79. The molecule has 2 heterocycles. The Hall–Kier alpha value is -1.66. The van der Waals surface area contributed by atoms with Crippen LogP contribution < -0.4 is 5.32 Å². The highest BCUT2D eigenvalue weighted by Crippen LogP contribution is 2.12. The van der Waals surface area contributed by atoms with Crippen molar-refractivity contribution in [1.82, 2.24) is 9.88 Å². The number of rotatable bonds is 3. The molecule has 0 spiro atoms. The van der Waals surface area contributed by atoms with E-state index in [2.05, 4.69) is 10.3 Å². The van der Waals surface area contributed by atoms with Crippen LogP contribution in [0.3, 0.4) is 0 Å². The maximum atomic E-state index is 12.2. The molecule has 18 heavy (non-hydrogen) atoms. The van der Waals surface area contributed by atoms with Gasteiger partial charge < -0.3 is 20.1 Å². The molecule has 1 aliphatic heterocycles. The van der Waals surface area contributed by atoms with E-state index in [0.29, 0.717) is 25.5 Å². The molecule has 98 valence electrons. The Morgan fingerprint density at radius 2 is 2.50 bits per heavy atom. The van der Waals surface area contributed by atoms with Crippen LogP contribution in [0.15, 0.2) is 18.3 Å². The Kier molecular flexibility index (Phi) is 4.11. The minimum atomic E-state index is -0.281. The van der Waals surface area contributed by atoms with E-state index < -0.39 is 0 Å². The number of carbonyl (C=O) groups excluding carboxylic acids is 1. The van der Waals surface area contributed by atoms with E-state index in [0.717, 1.165) is 5.69 Å². The Labute approximate surface area is 106 Å². The molecule has 1 saturated heterocycles. The highest BCUT2D eigenvalue weighted by molar-refractivity contribution is 5.92. The molecule has 1 aromatic rings. The molecule has 1 unspecified atom stereocenters. The SMILES string of the molecule is CNc1ccc(C(=O)N2CCOCC2CO)nc1. The molecule has 1 aliphatic rings. The average molecular weight is 251 g/mol. The topological polar surface area (TPSA) is 74.7 Å². The Morgan fingerprint density at radius 1 is 1.67 bits per heavy atom. The summed E-state index contributed by atoms with van der Waals surface area (Å²) in [6, 6.07) is 3.20. The van der Waals surface area contributed by atoms with Crippen LogP contribution in [0.25, 0.3) is 0 Å². The molecule has 0 aromatic carbocycles. The summed E-state index contributed by atoms with van der Waals surface area (Å²) in [7, 11) is 1.79. The van der Waals surface area contributed by atoms with Crippen LogP contribution in [0.2, 0.25) is 0 Å². The largest absolute Gasteiger partial charge is 0.394 e. The standard InChI is InChI=1S/C12H17N3O3/c1-13-9-2-3-11(14-6-9)12(17)15-4-5-18-8-10(15)7-16/h2-3,6,10,13,16H,4-5,7-8H2,1H3. The van der Waals surface area contributed by atoms with Gasteiger partial charge in [-0.25, -0.2) is 4.98 Å². The zero-order valence-electron chi connectivity index (χ0n) is 10.3. The minimum absolute atomic E-state index is 0.0969. The Morgan fingerprint density at radius 3 is 3.11 bits per heavy atom. The minimum Gasteiger partial charge on any atom is -0.394 e. The van der Waals surface area contributed by atoms with E-state index >= 15 is 0 Å². The number of ether oxygens (including phenoxy) is 1. The van der Waals surface area contributed by atoms with Crippen LogP contribution in [0.5, 0.6) is 0 Å². The molecule has 1 amide bonds. The molecule has 0 bridgehead atoms. The van der Waals surface area contributed by atoms with E-state index in [1.807, 2.05) is 0 Å². The Balaban J connectivity index is 2.13. The van der Waals surface area contributed by atoms with Crippen molar-refractivity contribution in [1.29, 1.82) is 0 Å². The van der Waals surface area contributed by atoms with Crippen LogP contribution in [-0.4, -0.2) is 60.4 Å². The molecule has 0 radical (unpaired) electrons. The number of hydrogen-bond acceptors (Lipinski definition) is 5. The van der Waals surface area contributed by atoms with Crippen molar-refractivity contribution in [3.63, 3.8) is 0 Å². The number of aromatic nitrogens is 1. The van der Waals surface area contributed by atoms with Gasteiger partial charge in [0.05, 0.1) is 37.7 Å². The van der Waals surface area contributed by atoms with Gasteiger partial charge in [-0.3, -0.25) is 4.79 Å². The van der Waals surface area contributed by atoms with Gasteiger partial charge in [0.25, 0.3) is 5.91 Å². The summed E-state index contributed by atoms with van der Waals surface area (Å²) in [5.41, 5.74) is 1.24. The summed E-state index contributed by atoms with van der Waals surface area (Å²) >= 11 is 0. The highest BCUT2D eigenvalue weighted by atomic mass is 16.5. The number of aliphatic hydroxyl groups excluding tert-OH is 1. The zero-order valence-corrected chi connectivity index (χ0v) is 10.3. The number of carbonyl (C=O) groups is 1. The third kappa shape index (κ3) is 2.60. The summed E-state index contributed by atoms with van der Waals surface area (Å²) in [5, 5.41) is 12.2. The lowest BCUT2D eigenvalue weighted by molar-refractivity contribution is -0.0186. The second-order valence-electron chi connectivity index (χ2n) is 4.09. The predicted molar refractivity (Wildman–Crippen MR) is 66.5 cm³/mol. The highest BCUT2D eigenvalue weighted by Gasteiger charge is 2.28. The second-order valence-corrected chi connectivity index (χ2v) is 4.09. The van der Waals surface area contributed by atoms with Gasteiger partial charge in [0.15, 0.2) is 0 Å². The summed E-state index contributed by atoms with van der Waals surface area (Å²) < 4.78 is 5.24. The third-order valence-corrected chi connectivity index (χ3v) is 2.97. The van der Waals surface area contributed by atoms with E-state index in [-0.39, 0.29) is 18.6 Å². The molecule has 0 saturated carbocycles. The van der Waals surface area contributed by atoms with Gasteiger partial charge in [-0.05, 0) is 12.1 Å². The van der Waals surface area contributed by atoms with E-state index in [9.17, 15) is 9.90 Å². The van der Waals surface area contributed by atoms with Crippen LogP contribution in [-0.2, 0) is 4.74 Å². The lowest BCUT2D eigenvalue weighted by atomic mass is 10.2. The predicted octanol–water partition coefficient (Wildman–Crippen LogP) is -0.0434. The summed E-state index contributed by atoms with van der Waals surface area (Å²) in [5.74, 6) is -0.167. The van der Waals surface area contributed by atoms with Crippen molar-refractivity contribution in [2.24, 2.45) is 0 Å². The fourth-order valence-corrected chi connectivity index (χ4v) is 1.89. The van der Waals surface area contributed by atoms with Crippen molar-refractivity contribution in [2.45, 2.75) is 6.04 Å². The fraction of sp³-hybridized carbons (Fsp3) is 0.500. The number of nitrogens with one attached hydrogen (secondary N) is 1. The number of morpholine rings is 1. The quantitative estimate of drug-likeness (QED) is 0.788. The van der Waals surface area contributed by atoms with Gasteiger partial charge >= 0.3 is 0 Å². The van der Waals surface area contributed by atoms with Crippen molar-refractivity contribution >= 4 is 11.6 Å². The zero-order chi connectivity index (χ0) is 13.0. The van der Waals surface area contributed by atoms with Crippen LogP contribution in [0, 0.1) is 0 Å². The van der Waals surface area contributed by atoms with E-state index in [1.54, 1.807) is 30.3 Å². The number of anilines is 1. The molecule has 2 N–H and O–H groups in total. The molecule has 2 rings (SSSR count). The molecule has 0 aliphatic carbocycles. The molecular formula is C12H17N3O3. The normalized spacial score (nSPS) is 19.7. The molecule has 1 atom stereocenters. The third-order valence-electron chi connectivity index (χ3n) is 2.97. The molecule has 1 fully saturated rings. The number of hydrogen-bond donors (Lipinski definition) is 2. The van der Waals surface area contributed by atoms with Gasteiger partial charge in [0.2, 0.25) is 0 Å². The maximum absolute atomic E-state index is 12.2. The fourth-order valence-electron chi connectivity index (χ4n) is 1.89. The first-order valence-corrected chi connectivity index (χ1v) is 5.89. The Bertz CT molecular complexity index is 408. The van der Waals surface area contributed by atoms with Gasteiger partial charge in [-0.1, -0.05) is 0 Å². The lowest BCUT2D eigenvalue weighted by Gasteiger charge is -2.34. The first-order valence-electron chi connectivity index (χ1n) is 5.89. The summed E-state index contributed by atoms with van der Waals surface area (Å²) in [4.78, 5) is 18.0. The van der Waals surface area contributed by atoms with Gasteiger partial charge in [-0.2, -0.15) is 0 Å². The number of aliphatic hydroxyl groups is 1. The maximum Gasteiger partial charge on any atom is 0.272 e. The molecule has 6 heteroatoms. The monoisotopic (exact) mass is 251 g/mol. The van der Waals surface area contributed by atoms with E-state index in [4.69, 9.17) is 4.74 Å². The van der Waals surface area contributed by atoms with Crippen LogP contribution >= 0.6 is 0 Å². The average Bonchev–Trinajstić information content (AvgIpc) is 2.46. The number of amides is 1. The van der Waals surface area contributed by atoms with Gasteiger partial charge in [0.1, 0.15) is 5.69 Å². The number of pyridine rings is 1. The molecule has 6 nitrogen and oxygen atoms in total. The molecular weight excluding hydrogens is 234 g/mol. The van der Waals surface area contributed by atoms with Crippen molar-refractivity contribution in [2.75, 3.05) is 38.7 Å². The van der Waals surface area contributed by atoms with E-state index in [1.165, 1.54) is 0 Å². The van der Waals surface area contributed by atoms with Gasteiger partial charge in [0, 0.05) is 13.6 Å². The van der Waals surface area contributed by atoms with Crippen molar-refractivity contribution < 1.29 is 14.6 Å². The van der Waals surface area contributed by atoms with Gasteiger partial charge in [-0.15, -0.1) is 0 Å². The smallest absolute Gasteiger partial charge is 0.272 e. The van der Waals surface area contributed by atoms with Crippen molar-refractivity contribution in [3.8, 4) is 0 Å². The first-order chi connectivity index (χ1) is 8.76. The van der Waals surface area contributed by atoms with Crippen LogP contribution in [0.1, 0.15) is 10.5 Å². The van der Waals surface area contributed by atoms with Crippen LogP contribution in [0.4, 0.5) is 5.69 Å².